The summed E-state index contributed by atoms with van der Waals surface area (Å²) in [5, 5.41) is 12.6. The van der Waals surface area contributed by atoms with Crippen LogP contribution in [-0.2, 0) is 9.53 Å². The molecule has 0 aliphatic heterocycles. The number of hydrogen-bond donors (Lipinski definition) is 2. The first kappa shape index (κ1) is 13.8. The minimum Gasteiger partial charge on any atom is -0.479 e. The van der Waals surface area contributed by atoms with Gasteiger partial charge in [-0.15, -0.1) is 0 Å². The summed E-state index contributed by atoms with van der Waals surface area (Å²) in [4.78, 5) is 11.7. The fourth-order valence-corrected chi connectivity index (χ4v) is 2.72. The number of hydrogen-bond acceptors (Lipinski definition) is 3. The Kier molecular flexibility index (Phi) is 4.04. The summed E-state index contributed by atoms with van der Waals surface area (Å²) in [6, 6.07) is 5.84. The van der Waals surface area contributed by atoms with E-state index in [0.717, 1.165) is 12.8 Å². The van der Waals surface area contributed by atoms with E-state index in [0.29, 0.717) is 18.5 Å². The topological polar surface area (TPSA) is 58.6 Å². The minimum absolute atomic E-state index is 0.393. The molecule has 5 heteroatoms. The number of nitrogens with one attached hydrogen (secondary N) is 1. The van der Waals surface area contributed by atoms with Crippen molar-refractivity contribution in [2.75, 3.05) is 12.4 Å². The predicted molar refractivity (Wildman–Crippen MR) is 69.7 cm³/mol. The van der Waals surface area contributed by atoms with Gasteiger partial charge in [0.2, 0.25) is 0 Å². The van der Waals surface area contributed by atoms with Gasteiger partial charge in [0, 0.05) is 12.8 Å². The van der Waals surface area contributed by atoms with E-state index >= 15 is 0 Å². The number of carboxylic acids is 1. The number of benzene rings is 1. The van der Waals surface area contributed by atoms with Crippen LogP contribution in [0.2, 0.25) is 0 Å². The Morgan fingerprint density at radius 3 is 2.95 bits per heavy atom. The van der Waals surface area contributed by atoms with Gasteiger partial charge >= 0.3 is 5.97 Å². The molecule has 1 aromatic rings. The molecule has 1 saturated carbocycles. The zero-order chi connectivity index (χ0) is 13.9. The van der Waals surface area contributed by atoms with E-state index in [9.17, 15) is 14.3 Å². The van der Waals surface area contributed by atoms with Crippen molar-refractivity contribution in [3.05, 3.63) is 30.1 Å². The number of carbonyl (C=O) groups is 1. The van der Waals surface area contributed by atoms with Crippen LogP contribution in [0.5, 0.6) is 0 Å². The van der Waals surface area contributed by atoms with Crippen LogP contribution in [0.25, 0.3) is 0 Å². The first-order chi connectivity index (χ1) is 9.08. The van der Waals surface area contributed by atoms with E-state index < -0.39 is 23.4 Å². The molecule has 4 nitrogen and oxygen atoms in total. The summed E-state index contributed by atoms with van der Waals surface area (Å²) < 4.78 is 18.5. The van der Waals surface area contributed by atoms with Crippen LogP contribution < -0.4 is 5.32 Å². The Hall–Kier alpha value is -1.62. The van der Waals surface area contributed by atoms with Gasteiger partial charge in [-0.25, -0.2) is 9.18 Å². The minimum atomic E-state index is -1.18. The fraction of sp³-hybridized carbons (Fsp3) is 0.500. The number of anilines is 1. The third kappa shape index (κ3) is 2.71. The van der Waals surface area contributed by atoms with E-state index in [4.69, 9.17) is 4.74 Å². The predicted octanol–water partition coefficient (Wildman–Crippen LogP) is 2.65. The summed E-state index contributed by atoms with van der Waals surface area (Å²) in [7, 11) is 1.51. The molecule has 19 heavy (non-hydrogen) atoms. The van der Waals surface area contributed by atoms with Crippen molar-refractivity contribution in [1.82, 2.24) is 0 Å². The van der Waals surface area contributed by atoms with Crippen LogP contribution in [-0.4, -0.2) is 29.8 Å². The van der Waals surface area contributed by atoms with Crippen molar-refractivity contribution in [3.8, 4) is 0 Å². The van der Waals surface area contributed by atoms with E-state index in [2.05, 4.69) is 5.32 Å². The van der Waals surface area contributed by atoms with Gasteiger partial charge in [0.05, 0.1) is 6.10 Å². The van der Waals surface area contributed by atoms with Crippen molar-refractivity contribution in [2.24, 2.45) is 0 Å². The molecule has 0 bridgehead atoms. The van der Waals surface area contributed by atoms with Gasteiger partial charge in [-0.3, -0.25) is 0 Å². The standard InChI is InChI=1S/C14H18FNO3/c1-19-12-7-2-3-8-14(12,13(17)18)16-11-6-4-5-10(15)9-11/h4-6,9,12,16H,2-3,7-8H2,1H3,(H,17,18). The van der Waals surface area contributed by atoms with Gasteiger partial charge in [0.25, 0.3) is 0 Å². The average molecular weight is 267 g/mol. The maximum Gasteiger partial charge on any atom is 0.332 e. The van der Waals surface area contributed by atoms with Gasteiger partial charge in [0.1, 0.15) is 5.82 Å². The van der Waals surface area contributed by atoms with Gasteiger partial charge in [-0.1, -0.05) is 18.9 Å². The highest BCUT2D eigenvalue weighted by atomic mass is 19.1. The molecule has 0 saturated heterocycles. The Balaban J connectivity index is 2.31. The Morgan fingerprint density at radius 1 is 1.53 bits per heavy atom. The van der Waals surface area contributed by atoms with Crippen LogP contribution in [0.4, 0.5) is 10.1 Å². The molecular weight excluding hydrogens is 249 g/mol. The van der Waals surface area contributed by atoms with Gasteiger partial charge < -0.3 is 15.2 Å². The molecule has 0 amide bonds. The number of halogens is 1. The molecule has 1 fully saturated rings. The normalized spacial score (nSPS) is 26.9. The zero-order valence-electron chi connectivity index (χ0n) is 10.9. The molecular formula is C14H18FNO3. The number of aliphatic carboxylic acids is 1. The van der Waals surface area contributed by atoms with E-state index in [1.165, 1.54) is 19.2 Å². The maximum atomic E-state index is 13.2. The van der Waals surface area contributed by atoms with Crippen molar-refractivity contribution < 1.29 is 19.0 Å². The van der Waals surface area contributed by atoms with Crippen LogP contribution in [0, 0.1) is 5.82 Å². The quantitative estimate of drug-likeness (QED) is 0.880. The number of rotatable bonds is 4. The van der Waals surface area contributed by atoms with Gasteiger partial charge in [-0.2, -0.15) is 0 Å². The second-order valence-corrected chi connectivity index (χ2v) is 4.88. The smallest absolute Gasteiger partial charge is 0.332 e. The highest BCUT2D eigenvalue weighted by Gasteiger charge is 2.48. The molecule has 0 aromatic heterocycles. The summed E-state index contributed by atoms with van der Waals surface area (Å²) >= 11 is 0. The molecule has 0 radical (unpaired) electrons. The van der Waals surface area contributed by atoms with Crippen molar-refractivity contribution in [2.45, 2.75) is 37.3 Å². The Bertz CT molecular complexity index is 466. The second kappa shape index (κ2) is 5.57. The molecule has 2 rings (SSSR count). The van der Waals surface area contributed by atoms with Crippen LogP contribution in [0.15, 0.2) is 24.3 Å². The summed E-state index contributed by atoms with van der Waals surface area (Å²) in [6.45, 7) is 0. The summed E-state index contributed by atoms with van der Waals surface area (Å²) in [5.41, 5.74) is -0.716. The van der Waals surface area contributed by atoms with Crippen LogP contribution in [0.1, 0.15) is 25.7 Å². The van der Waals surface area contributed by atoms with E-state index in [1.54, 1.807) is 12.1 Å². The molecule has 2 unspecified atom stereocenters. The second-order valence-electron chi connectivity index (χ2n) is 4.88. The van der Waals surface area contributed by atoms with E-state index in [1.807, 2.05) is 0 Å². The van der Waals surface area contributed by atoms with Gasteiger partial charge in [0.15, 0.2) is 5.54 Å². The average Bonchev–Trinajstić information content (AvgIpc) is 2.39. The molecule has 2 atom stereocenters. The third-order valence-electron chi connectivity index (χ3n) is 3.70. The Morgan fingerprint density at radius 2 is 2.32 bits per heavy atom. The lowest BCUT2D eigenvalue weighted by Gasteiger charge is -2.41. The molecule has 1 aliphatic rings. The fourth-order valence-electron chi connectivity index (χ4n) is 2.72. The first-order valence-electron chi connectivity index (χ1n) is 6.38. The number of methoxy groups -OCH3 is 1. The number of ether oxygens (including phenoxy) is 1. The lowest BCUT2D eigenvalue weighted by Crippen LogP contribution is -2.58. The number of carboxylic acid groups (broad SMARTS) is 1. The summed E-state index contributed by atoms with van der Waals surface area (Å²) in [6.07, 6.45) is 2.50. The Labute approximate surface area is 111 Å². The molecule has 0 heterocycles. The molecule has 2 N–H and O–H groups in total. The molecule has 0 spiro atoms. The molecule has 104 valence electrons. The van der Waals surface area contributed by atoms with Crippen molar-refractivity contribution in [1.29, 1.82) is 0 Å². The first-order valence-corrected chi connectivity index (χ1v) is 6.38. The SMILES string of the molecule is COC1CCCCC1(Nc1cccc(F)c1)C(=O)O. The van der Waals surface area contributed by atoms with Gasteiger partial charge in [-0.05, 0) is 31.0 Å². The monoisotopic (exact) mass is 267 g/mol. The largest absolute Gasteiger partial charge is 0.479 e. The summed E-state index contributed by atoms with van der Waals surface area (Å²) in [5.74, 6) is -1.35. The maximum absolute atomic E-state index is 13.2. The van der Waals surface area contributed by atoms with Crippen LogP contribution >= 0.6 is 0 Å². The molecule has 1 aliphatic carbocycles. The zero-order valence-corrected chi connectivity index (χ0v) is 10.9. The van der Waals surface area contributed by atoms with Crippen molar-refractivity contribution >= 4 is 11.7 Å². The molecule has 1 aromatic carbocycles. The highest BCUT2D eigenvalue weighted by molar-refractivity contribution is 5.84. The lowest BCUT2D eigenvalue weighted by molar-refractivity contribution is -0.149. The van der Waals surface area contributed by atoms with Crippen molar-refractivity contribution in [3.63, 3.8) is 0 Å². The van der Waals surface area contributed by atoms with Crippen LogP contribution in [0.3, 0.4) is 0 Å². The third-order valence-corrected chi connectivity index (χ3v) is 3.70. The lowest BCUT2D eigenvalue weighted by atomic mass is 9.78. The van der Waals surface area contributed by atoms with E-state index in [-0.39, 0.29) is 0 Å². The highest BCUT2D eigenvalue weighted by Crippen LogP contribution is 2.34.